The predicted molar refractivity (Wildman–Crippen MR) is 75.4 cm³/mol. The number of amides is 1. The maximum absolute atomic E-state index is 11.7. The van der Waals surface area contributed by atoms with E-state index < -0.39 is 5.60 Å². The molecule has 0 saturated carbocycles. The first kappa shape index (κ1) is 14.4. The Labute approximate surface area is 118 Å². The molecular weight excluding hydrogens is 258 g/mol. The first-order valence-corrected chi connectivity index (χ1v) is 6.65. The van der Waals surface area contributed by atoms with Crippen LogP contribution in [0.2, 0.25) is 0 Å². The smallest absolute Gasteiger partial charge is 0.410 e. The van der Waals surface area contributed by atoms with Crippen molar-refractivity contribution in [3.05, 3.63) is 18.5 Å². The first-order valence-electron chi connectivity index (χ1n) is 6.65. The van der Waals surface area contributed by atoms with Gasteiger partial charge >= 0.3 is 6.09 Å². The fourth-order valence-electron chi connectivity index (χ4n) is 1.88. The molecule has 0 radical (unpaired) electrons. The number of nitrogen functional groups attached to an aromatic ring is 1. The van der Waals surface area contributed by atoms with E-state index >= 15 is 0 Å². The summed E-state index contributed by atoms with van der Waals surface area (Å²) >= 11 is 0. The van der Waals surface area contributed by atoms with E-state index in [1.54, 1.807) is 23.4 Å². The molecule has 1 aliphatic rings. The quantitative estimate of drug-likeness (QED) is 0.914. The largest absolute Gasteiger partial charge is 0.491 e. The zero-order chi connectivity index (χ0) is 14.8. The van der Waals surface area contributed by atoms with E-state index in [0.717, 1.165) is 0 Å². The third kappa shape index (κ3) is 3.76. The Morgan fingerprint density at radius 3 is 2.80 bits per heavy atom. The summed E-state index contributed by atoms with van der Waals surface area (Å²) in [6.45, 7) is 7.42. The van der Waals surface area contributed by atoms with Crippen LogP contribution < -0.4 is 10.5 Å². The van der Waals surface area contributed by atoms with Crippen molar-refractivity contribution in [1.29, 1.82) is 0 Å². The summed E-state index contributed by atoms with van der Waals surface area (Å²) in [4.78, 5) is 17.3. The van der Waals surface area contributed by atoms with Crippen LogP contribution in [0.15, 0.2) is 18.5 Å². The van der Waals surface area contributed by atoms with Crippen LogP contribution in [0.1, 0.15) is 20.8 Å². The molecule has 1 amide bonds. The average molecular weight is 279 g/mol. The van der Waals surface area contributed by atoms with E-state index in [-0.39, 0.29) is 6.09 Å². The van der Waals surface area contributed by atoms with Crippen LogP contribution in [0, 0.1) is 5.92 Å². The van der Waals surface area contributed by atoms with Crippen molar-refractivity contribution >= 4 is 11.8 Å². The lowest BCUT2D eigenvalue weighted by atomic mass is 10.0. The van der Waals surface area contributed by atoms with E-state index in [4.69, 9.17) is 15.2 Å². The lowest BCUT2D eigenvalue weighted by Crippen LogP contribution is -2.53. The molecule has 1 fully saturated rings. The number of hydrogen-bond donors (Lipinski definition) is 1. The van der Waals surface area contributed by atoms with E-state index in [1.165, 1.54) is 0 Å². The summed E-state index contributed by atoms with van der Waals surface area (Å²) in [5, 5.41) is 0. The standard InChI is InChI=1S/C14H21N3O3/c1-14(2,3)20-13(18)17-7-10(8-17)9-19-12-4-5-16-6-11(12)15/h4-6,10H,7-9,15H2,1-3H3. The Morgan fingerprint density at radius 1 is 1.50 bits per heavy atom. The lowest BCUT2D eigenvalue weighted by Gasteiger charge is -2.39. The number of ether oxygens (including phenoxy) is 2. The van der Waals surface area contributed by atoms with Crippen LogP contribution in [0.5, 0.6) is 5.75 Å². The molecule has 6 heteroatoms. The molecule has 0 unspecified atom stereocenters. The molecule has 0 aromatic carbocycles. The van der Waals surface area contributed by atoms with E-state index in [2.05, 4.69) is 4.98 Å². The number of rotatable bonds is 3. The highest BCUT2D eigenvalue weighted by Gasteiger charge is 2.34. The van der Waals surface area contributed by atoms with Gasteiger partial charge in [0.1, 0.15) is 11.4 Å². The number of anilines is 1. The van der Waals surface area contributed by atoms with Crippen molar-refractivity contribution in [2.45, 2.75) is 26.4 Å². The number of nitrogens with two attached hydrogens (primary N) is 1. The van der Waals surface area contributed by atoms with Gasteiger partial charge in [-0.25, -0.2) is 4.79 Å². The summed E-state index contributed by atoms with van der Waals surface area (Å²) in [6.07, 6.45) is 2.93. The summed E-state index contributed by atoms with van der Waals surface area (Å²) < 4.78 is 10.9. The molecule has 2 heterocycles. The number of hydrogen-bond acceptors (Lipinski definition) is 5. The highest BCUT2D eigenvalue weighted by molar-refractivity contribution is 5.69. The SMILES string of the molecule is CC(C)(C)OC(=O)N1CC(COc2ccncc2N)C1. The Kier molecular flexibility index (Phi) is 4.01. The van der Waals surface area contributed by atoms with Gasteiger partial charge in [-0.05, 0) is 20.8 Å². The minimum Gasteiger partial charge on any atom is -0.491 e. The van der Waals surface area contributed by atoms with Crippen LogP contribution in [0.4, 0.5) is 10.5 Å². The maximum Gasteiger partial charge on any atom is 0.410 e. The molecule has 0 spiro atoms. The Bertz CT molecular complexity index is 479. The Balaban J connectivity index is 1.72. The van der Waals surface area contributed by atoms with Gasteiger partial charge in [-0.2, -0.15) is 0 Å². The maximum atomic E-state index is 11.7. The minimum absolute atomic E-state index is 0.267. The summed E-state index contributed by atoms with van der Waals surface area (Å²) in [5.41, 5.74) is 5.81. The molecule has 1 aliphatic heterocycles. The van der Waals surface area contributed by atoms with Crippen LogP contribution in [-0.4, -0.2) is 41.3 Å². The number of nitrogens with zero attached hydrogens (tertiary/aromatic N) is 2. The van der Waals surface area contributed by atoms with Crippen molar-refractivity contribution in [1.82, 2.24) is 9.88 Å². The molecule has 2 rings (SSSR count). The molecule has 1 aromatic rings. The third-order valence-corrected chi connectivity index (χ3v) is 2.89. The lowest BCUT2D eigenvalue weighted by molar-refractivity contribution is -0.00777. The fourth-order valence-corrected chi connectivity index (χ4v) is 1.88. The van der Waals surface area contributed by atoms with Gasteiger partial charge in [0, 0.05) is 31.3 Å². The highest BCUT2D eigenvalue weighted by Crippen LogP contribution is 2.23. The van der Waals surface area contributed by atoms with Crippen molar-refractivity contribution in [2.24, 2.45) is 5.92 Å². The van der Waals surface area contributed by atoms with Gasteiger partial charge in [0.25, 0.3) is 0 Å². The highest BCUT2D eigenvalue weighted by atomic mass is 16.6. The van der Waals surface area contributed by atoms with Gasteiger partial charge in [0.2, 0.25) is 0 Å². The minimum atomic E-state index is -0.454. The average Bonchev–Trinajstić information content (AvgIpc) is 2.26. The molecule has 1 aromatic heterocycles. The molecule has 1 saturated heterocycles. The monoisotopic (exact) mass is 279 g/mol. The summed E-state index contributed by atoms with van der Waals surface area (Å²) in [5.74, 6) is 0.950. The number of carbonyl (C=O) groups excluding carboxylic acids is 1. The number of aromatic nitrogens is 1. The topological polar surface area (TPSA) is 77.7 Å². The van der Waals surface area contributed by atoms with Crippen LogP contribution in [-0.2, 0) is 4.74 Å². The Morgan fingerprint density at radius 2 is 2.20 bits per heavy atom. The molecule has 0 atom stereocenters. The van der Waals surface area contributed by atoms with Crippen molar-refractivity contribution in [2.75, 3.05) is 25.4 Å². The number of likely N-dealkylation sites (tertiary alicyclic amines) is 1. The predicted octanol–water partition coefficient (Wildman–Crippen LogP) is 1.91. The van der Waals surface area contributed by atoms with Gasteiger partial charge < -0.3 is 20.1 Å². The normalized spacial score (nSPS) is 15.7. The Hall–Kier alpha value is -1.98. The molecule has 20 heavy (non-hydrogen) atoms. The molecule has 0 bridgehead atoms. The second-order valence-electron chi connectivity index (χ2n) is 5.98. The third-order valence-electron chi connectivity index (χ3n) is 2.89. The van der Waals surface area contributed by atoms with Crippen LogP contribution in [0.25, 0.3) is 0 Å². The van der Waals surface area contributed by atoms with E-state index in [0.29, 0.717) is 37.1 Å². The molecular formula is C14H21N3O3. The van der Waals surface area contributed by atoms with Crippen molar-refractivity contribution < 1.29 is 14.3 Å². The summed E-state index contributed by atoms with van der Waals surface area (Å²) in [6, 6.07) is 1.74. The zero-order valence-electron chi connectivity index (χ0n) is 12.1. The van der Waals surface area contributed by atoms with E-state index in [1.807, 2.05) is 20.8 Å². The van der Waals surface area contributed by atoms with Crippen molar-refractivity contribution in [3.63, 3.8) is 0 Å². The summed E-state index contributed by atoms with van der Waals surface area (Å²) in [7, 11) is 0. The van der Waals surface area contributed by atoms with Gasteiger partial charge in [-0.1, -0.05) is 0 Å². The number of pyridine rings is 1. The van der Waals surface area contributed by atoms with Crippen LogP contribution >= 0.6 is 0 Å². The van der Waals surface area contributed by atoms with Gasteiger partial charge in [-0.15, -0.1) is 0 Å². The first-order chi connectivity index (χ1) is 9.35. The van der Waals surface area contributed by atoms with Gasteiger partial charge in [0.15, 0.2) is 0 Å². The molecule has 6 nitrogen and oxygen atoms in total. The van der Waals surface area contributed by atoms with Crippen LogP contribution in [0.3, 0.4) is 0 Å². The molecule has 0 aliphatic carbocycles. The molecule has 110 valence electrons. The van der Waals surface area contributed by atoms with Gasteiger partial charge in [-0.3, -0.25) is 4.98 Å². The second-order valence-corrected chi connectivity index (χ2v) is 5.98. The van der Waals surface area contributed by atoms with E-state index in [9.17, 15) is 4.79 Å². The number of carbonyl (C=O) groups is 1. The van der Waals surface area contributed by atoms with Crippen molar-refractivity contribution in [3.8, 4) is 5.75 Å². The fraction of sp³-hybridized carbons (Fsp3) is 0.571. The molecule has 2 N–H and O–H groups in total. The van der Waals surface area contributed by atoms with Gasteiger partial charge in [0.05, 0.1) is 18.5 Å². The zero-order valence-corrected chi connectivity index (χ0v) is 12.1. The second kappa shape index (κ2) is 5.56.